The Morgan fingerprint density at radius 3 is 2.46 bits per heavy atom. The second-order valence-corrected chi connectivity index (χ2v) is 7.11. The highest BCUT2D eigenvalue weighted by Gasteiger charge is 2.09. The molecule has 1 heterocycles. The minimum Gasteiger partial charge on any atom is -0.457 e. The maximum absolute atomic E-state index is 6.11. The first-order chi connectivity index (χ1) is 13.6. The van der Waals surface area contributed by atoms with Crippen LogP contribution in [0.2, 0.25) is 0 Å². The van der Waals surface area contributed by atoms with Crippen LogP contribution in [-0.4, -0.2) is 36.6 Å². The molecule has 0 atom stereocenters. The van der Waals surface area contributed by atoms with Crippen molar-refractivity contribution in [1.29, 1.82) is 0 Å². The number of likely N-dealkylation sites (tertiary alicyclic amines) is 1. The van der Waals surface area contributed by atoms with Crippen LogP contribution in [0.5, 0.6) is 11.5 Å². The molecule has 0 N–H and O–H groups in total. The summed E-state index contributed by atoms with van der Waals surface area (Å²) in [6.45, 7) is 10.7. The van der Waals surface area contributed by atoms with Gasteiger partial charge in [-0.15, -0.1) is 0 Å². The van der Waals surface area contributed by atoms with Gasteiger partial charge in [0.05, 0.1) is 17.7 Å². The number of hydrogen-bond donors (Lipinski definition) is 0. The largest absolute Gasteiger partial charge is 0.457 e. The highest BCUT2D eigenvalue weighted by Crippen LogP contribution is 2.31. The molecule has 0 bridgehead atoms. The van der Waals surface area contributed by atoms with Crippen LogP contribution < -0.4 is 4.74 Å². The molecule has 148 valence electrons. The molecular weight excluding hydrogens is 350 g/mol. The third kappa shape index (κ3) is 5.12. The Morgan fingerprint density at radius 2 is 1.79 bits per heavy atom. The Morgan fingerprint density at radius 1 is 1.07 bits per heavy atom. The van der Waals surface area contributed by atoms with E-state index in [0.717, 1.165) is 52.7 Å². The van der Waals surface area contributed by atoms with Gasteiger partial charge in [0.15, 0.2) is 0 Å². The Hall–Kier alpha value is -2.82. The molecule has 0 spiro atoms. The zero-order valence-electron chi connectivity index (χ0n) is 17.2. The zero-order valence-corrected chi connectivity index (χ0v) is 17.2. The second-order valence-electron chi connectivity index (χ2n) is 7.11. The van der Waals surface area contributed by atoms with Crippen molar-refractivity contribution in [3.63, 3.8) is 0 Å². The van der Waals surface area contributed by atoms with Crippen LogP contribution in [-0.2, 0) is 4.84 Å². The van der Waals surface area contributed by atoms with Crippen molar-refractivity contribution in [3.8, 4) is 11.5 Å². The molecule has 0 saturated carbocycles. The molecule has 2 aromatic rings. The highest BCUT2D eigenvalue weighted by atomic mass is 16.6. The maximum Gasteiger partial charge on any atom is 0.130 e. The van der Waals surface area contributed by atoms with Crippen molar-refractivity contribution in [3.05, 3.63) is 53.1 Å². The molecule has 3 rings (SSSR count). The number of oxime groups is 1. The van der Waals surface area contributed by atoms with Crippen LogP contribution in [0.25, 0.3) is 0 Å². The molecule has 1 aliphatic heterocycles. The molecule has 0 unspecified atom stereocenters. The molecule has 1 aliphatic rings. The summed E-state index contributed by atoms with van der Waals surface area (Å²) < 4.78 is 6.11. The number of aliphatic imine (C=N–C) groups is 1. The summed E-state index contributed by atoms with van der Waals surface area (Å²) in [4.78, 5) is 12.1. The average Bonchev–Trinajstić information content (AvgIpc) is 3.22. The SMILES string of the molecule is CCON=C(C)c1ccc(Oc2cc(C)c(/N=C/N3CCCC3)cc2C)cc1. The maximum atomic E-state index is 6.11. The van der Waals surface area contributed by atoms with E-state index in [1.54, 1.807) is 0 Å². The molecule has 0 aliphatic carbocycles. The predicted molar refractivity (Wildman–Crippen MR) is 115 cm³/mol. The van der Waals surface area contributed by atoms with Crippen molar-refractivity contribution < 1.29 is 9.57 Å². The first-order valence-electron chi connectivity index (χ1n) is 9.91. The number of hydrogen-bond acceptors (Lipinski definition) is 4. The van der Waals surface area contributed by atoms with E-state index in [0.29, 0.717) is 6.61 Å². The summed E-state index contributed by atoms with van der Waals surface area (Å²) in [5.74, 6) is 1.65. The van der Waals surface area contributed by atoms with Gasteiger partial charge in [0, 0.05) is 13.1 Å². The van der Waals surface area contributed by atoms with Gasteiger partial charge in [-0.25, -0.2) is 4.99 Å². The fourth-order valence-corrected chi connectivity index (χ4v) is 3.13. The summed E-state index contributed by atoms with van der Waals surface area (Å²) >= 11 is 0. The smallest absolute Gasteiger partial charge is 0.130 e. The van der Waals surface area contributed by atoms with Gasteiger partial charge in [0.25, 0.3) is 0 Å². The lowest BCUT2D eigenvalue weighted by Gasteiger charge is -2.13. The molecular formula is C23H29N3O2. The van der Waals surface area contributed by atoms with Crippen molar-refractivity contribution in [2.24, 2.45) is 10.1 Å². The summed E-state index contributed by atoms with van der Waals surface area (Å²) in [5, 5.41) is 4.07. The highest BCUT2D eigenvalue weighted by molar-refractivity contribution is 5.98. The quantitative estimate of drug-likeness (QED) is 0.357. The molecule has 0 radical (unpaired) electrons. The van der Waals surface area contributed by atoms with Gasteiger partial charge in [-0.1, -0.05) is 5.16 Å². The number of rotatable bonds is 7. The van der Waals surface area contributed by atoms with Gasteiger partial charge in [-0.05, 0) is 93.6 Å². The van der Waals surface area contributed by atoms with Crippen molar-refractivity contribution in [1.82, 2.24) is 4.90 Å². The van der Waals surface area contributed by atoms with E-state index >= 15 is 0 Å². The zero-order chi connectivity index (χ0) is 19.9. The molecule has 1 saturated heterocycles. The van der Waals surface area contributed by atoms with Crippen LogP contribution in [0, 0.1) is 13.8 Å². The number of aryl methyl sites for hydroxylation is 2. The average molecular weight is 380 g/mol. The van der Waals surface area contributed by atoms with Gasteiger partial charge in [0.1, 0.15) is 18.1 Å². The number of benzene rings is 2. The molecule has 28 heavy (non-hydrogen) atoms. The third-order valence-electron chi connectivity index (χ3n) is 4.82. The summed E-state index contributed by atoms with van der Waals surface area (Å²) in [7, 11) is 0. The molecule has 1 fully saturated rings. The molecule has 2 aromatic carbocycles. The van der Waals surface area contributed by atoms with Crippen LogP contribution >= 0.6 is 0 Å². The predicted octanol–water partition coefficient (Wildman–Crippen LogP) is 5.61. The summed E-state index contributed by atoms with van der Waals surface area (Å²) in [5.41, 5.74) is 5.03. The first kappa shape index (κ1) is 19.9. The van der Waals surface area contributed by atoms with Gasteiger partial charge in [0.2, 0.25) is 0 Å². The van der Waals surface area contributed by atoms with Crippen molar-refractivity contribution in [2.75, 3.05) is 19.7 Å². The van der Waals surface area contributed by atoms with E-state index in [4.69, 9.17) is 9.57 Å². The molecule has 5 heteroatoms. The lowest BCUT2D eigenvalue weighted by molar-refractivity contribution is 0.159. The van der Waals surface area contributed by atoms with Crippen LogP contribution in [0.4, 0.5) is 5.69 Å². The van der Waals surface area contributed by atoms with Crippen LogP contribution in [0.15, 0.2) is 46.5 Å². The Balaban J connectivity index is 1.71. The van der Waals surface area contributed by atoms with Crippen molar-refractivity contribution in [2.45, 2.75) is 40.5 Å². The van der Waals surface area contributed by atoms with E-state index in [1.807, 2.05) is 44.5 Å². The molecule has 0 aromatic heterocycles. The number of ether oxygens (including phenoxy) is 1. The Labute approximate surface area is 167 Å². The Kier molecular flexibility index (Phi) is 6.69. The fraction of sp³-hybridized carbons (Fsp3) is 0.391. The van der Waals surface area contributed by atoms with E-state index in [9.17, 15) is 0 Å². The van der Waals surface area contributed by atoms with Gasteiger partial charge >= 0.3 is 0 Å². The fourth-order valence-electron chi connectivity index (χ4n) is 3.13. The Bertz CT molecular complexity index is 851. The lowest BCUT2D eigenvalue weighted by Crippen LogP contribution is -2.16. The minimum atomic E-state index is 0.565. The topological polar surface area (TPSA) is 46.4 Å². The lowest BCUT2D eigenvalue weighted by atomic mass is 10.1. The third-order valence-corrected chi connectivity index (χ3v) is 4.82. The summed E-state index contributed by atoms with van der Waals surface area (Å²) in [6, 6.07) is 12.0. The van der Waals surface area contributed by atoms with E-state index in [-0.39, 0.29) is 0 Å². The normalized spacial score (nSPS) is 14.7. The second kappa shape index (κ2) is 9.40. The first-order valence-corrected chi connectivity index (χ1v) is 9.91. The van der Waals surface area contributed by atoms with Gasteiger partial charge < -0.3 is 14.5 Å². The van der Waals surface area contributed by atoms with Gasteiger partial charge in [-0.3, -0.25) is 0 Å². The van der Waals surface area contributed by atoms with Crippen molar-refractivity contribution >= 4 is 17.7 Å². The van der Waals surface area contributed by atoms with Crippen LogP contribution in [0.3, 0.4) is 0 Å². The van der Waals surface area contributed by atoms with E-state index in [2.05, 4.69) is 41.0 Å². The number of nitrogens with zero attached hydrogens (tertiary/aromatic N) is 3. The van der Waals surface area contributed by atoms with E-state index in [1.165, 1.54) is 12.8 Å². The minimum absolute atomic E-state index is 0.565. The van der Waals surface area contributed by atoms with E-state index < -0.39 is 0 Å². The summed E-state index contributed by atoms with van der Waals surface area (Å²) in [6.07, 6.45) is 4.49. The molecule has 5 nitrogen and oxygen atoms in total. The van der Waals surface area contributed by atoms with Crippen LogP contribution in [0.1, 0.15) is 43.4 Å². The monoisotopic (exact) mass is 379 g/mol. The standard InChI is InChI=1S/C23H29N3O2/c1-5-27-25-19(4)20-8-10-21(11-9-20)28-23-15-17(2)22(14-18(23)3)24-16-26-12-6-7-13-26/h8-11,14-16H,5-7,12-13H2,1-4H3/b24-16+,25-19?. The van der Waals surface area contributed by atoms with Gasteiger partial charge in [-0.2, -0.15) is 0 Å². The molecule has 0 amide bonds.